The van der Waals surface area contributed by atoms with Gasteiger partial charge in [-0.15, -0.1) is 0 Å². The minimum Gasteiger partial charge on any atom is -0.461 e. The molecule has 1 fully saturated rings. The van der Waals surface area contributed by atoms with E-state index >= 15 is 0 Å². The van der Waals surface area contributed by atoms with Gasteiger partial charge in [-0.2, -0.15) is 0 Å². The van der Waals surface area contributed by atoms with Crippen LogP contribution in [0.3, 0.4) is 0 Å². The van der Waals surface area contributed by atoms with Crippen molar-refractivity contribution in [2.45, 2.75) is 19.8 Å². The minimum absolute atomic E-state index is 0.0487. The first-order valence-corrected chi connectivity index (χ1v) is 8.94. The van der Waals surface area contributed by atoms with E-state index in [1.165, 1.54) is 0 Å². The number of piperidine rings is 1. The predicted octanol–water partition coefficient (Wildman–Crippen LogP) is 2.69. The molecule has 2 aromatic rings. The summed E-state index contributed by atoms with van der Waals surface area (Å²) < 4.78 is 5.60. The molecule has 0 atom stereocenters. The number of likely N-dealkylation sites (tertiary alicyclic amines) is 1. The number of aryl methyl sites for hydroxylation is 1. The van der Waals surface area contributed by atoms with Crippen molar-refractivity contribution in [3.63, 3.8) is 0 Å². The van der Waals surface area contributed by atoms with Crippen LogP contribution in [0.4, 0.5) is 0 Å². The molecule has 2 heterocycles. The Labute approximate surface area is 148 Å². The molecule has 134 valence electrons. The van der Waals surface area contributed by atoms with E-state index in [1.54, 1.807) is 0 Å². The lowest BCUT2D eigenvalue weighted by Gasteiger charge is -2.30. The van der Waals surface area contributed by atoms with Gasteiger partial charge in [0.1, 0.15) is 11.5 Å². The summed E-state index contributed by atoms with van der Waals surface area (Å²) in [6, 6.07) is 11.3. The number of benzene rings is 1. The van der Waals surface area contributed by atoms with Gasteiger partial charge in [-0.05, 0) is 63.0 Å². The lowest BCUT2D eigenvalue weighted by molar-refractivity contribution is 0.0939. The minimum atomic E-state index is -0.0487. The Kier molecular flexibility index (Phi) is 5.89. The Morgan fingerprint density at radius 2 is 1.92 bits per heavy atom. The quantitative estimate of drug-likeness (QED) is 0.847. The van der Waals surface area contributed by atoms with Gasteiger partial charge in [-0.3, -0.25) is 4.79 Å². The Balaban J connectivity index is 1.45. The molecule has 5 nitrogen and oxygen atoms in total. The third kappa shape index (κ3) is 4.71. The number of furan rings is 1. The average Bonchev–Trinajstić information content (AvgIpc) is 3.09. The highest BCUT2D eigenvalue weighted by Crippen LogP contribution is 2.22. The summed E-state index contributed by atoms with van der Waals surface area (Å²) in [5, 5.41) is 12.1. The molecular formula is C20H26N2O3. The molecule has 2 N–H and O–H groups in total. The van der Waals surface area contributed by atoms with Gasteiger partial charge in [-0.1, -0.05) is 12.1 Å². The number of carbonyl (C=O) groups is 1. The number of rotatable bonds is 6. The van der Waals surface area contributed by atoms with Crippen molar-refractivity contribution < 1.29 is 14.3 Å². The number of aliphatic hydroxyl groups is 1. The molecule has 1 aliphatic heterocycles. The molecule has 0 aliphatic carbocycles. The van der Waals surface area contributed by atoms with E-state index in [0.717, 1.165) is 49.6 Å². The molecule has 1 saturated heterocycles. The first-order chi connectivity index (χ1) is 12.2. The van der Waals surface area contributed by atoms with E-state index in [-0.39, 0.29) is 12.5 Å². The summed E-state index contributed by atoms with van der Waals surface area (Å²) in [6.45, 7) is 5.70. The Hall–Kier alpha value is -2.11. The van der Waals surface area contributed by atoms with Crippen LogP contribution < -0.4 is 5.32 Å². The maximum Gasteiger partial charge on any atom is 0.251 e. The zero-order valence-electron chi connectivity index (χ0n) is 14.7. The number of carbonyl (C=O) groups excluding carboxylic acids is 1. The molecule has 1 aromatic carbocycles. The van der Waals surface area contributed by atoms with Crippen LogP contribution in [0.1, 0.15) is 29.0 Å². The lowest BCUT2D eigenvalue weighted by Crippen LogP contribution is -2.40. The van der Waals surface area contributed by atoms with Crippen LogP contribution in [0.15, 0.2) is 40.8 Å². The van der Waals surface area contributed by atoms with Gasteiger partial charge in [0, 0.05) is 30.8 Å². The van der Waals surface area contributed by atoms with Crippen molar-refractivity contribution in [3.8, 4) is 11.3 Å². The summed E-state index contributed by atoms with van der Waals surface area (Å²) in [6.07, 6.45) is 2.08. The Morgan fingerprint density at radius 3 is 2.52 bits per heavy atom. The van der Waals surface area contributed by atoms with Gasteiger partial charge in [-0.25, -0.2) is 0 Å². The van der Waals surface area contributed by atoms with Crippen molar-refractivity contribution in [2.24, 2.45) is 5.92 Å². The van der Waals surface area contributed by atoms with Crippen LogP contribution in [0.25, 0.3) is 11.3 Å². The van der Waals surface area contributed by atoms with E-state index in [9.17, 15) is 4.79 Å². The zero-order chi connectivity index (χ0) is 17.6. The normalized spacial score (nSPS) is 16.1. The van der Waals surface area contributed by atoms with Crippen LogP contribution in [0.2, 0.25) is 0 Å². The van der Waals surface area contributed by atoms with Crippen LogP contribution in [0, 0.1) is 12.8 Å². The number of amides is 1. The van der Waals surface area contributed by atoms with Gasteiger partial charge < -0.3 is 19.7 Å². The van der Waals surface area contributed by atoms with Crippen LogP contribution >= 0.6 is 0 Å². The van der Waals surface area contributed by atoms with Crippen LogP contribution in [0.5, 0.6) is 0 Å². The van der Waals surface area contributed by atoms with Crippen molar-refractivity contribution in [1.82, 2.24) is 10.2 Å². The second-order valence-electron chi connectivity index (χ2n) is 6.71. The fraction of sp³-hybridized carbons (Fsp3) is 0.450. The molecular weight excluding hydrogens is 316 g/mol. The van der Waals surface area contributed by atoms with Crippen molar-refractivity contribution in [2.75, 3.05) is 32.8 Å². The zero-order valence-corrected chi connectivity index (χ0v) is 14.7. The number of aliphatic hydroxyl groups excluding tert-OH is 1. The standard InChI is InChI=1S/C20H26N2O3/c1-15-2-7-19(25-15)17-3-5-18(6-4-17)20(24)21-10-13-22-11-8-16(14-23)9-12-22/h2-7,16,23H,8-14H2,1H3,(H,21,24). The Bertz CT molecular complexity index is 685. The molecule has 25 heavy (non-hydrogen) atoms. The summed E-state index contributed by atoms with van der Waals surface area (Å²) in [5.41, 5.74) is 1.63. The van der Waals surface area contributed by atoms with Crippen molar-refractivity contribution in [1.29, 1.82) is 0 Å². The van der Waals surface area contributed by atoms with Gasteiger partial charge in [0.25, 0.3) is 5.91 Å². The monoisotopic (exact) mass is 342 g/mol. The fourth-order valence-electron chi connectivity index (χ4n) is 3.20. The molecule has 0 bridgehead atoms. The second kappa shape index (κ2) is 8.32. The first-order valence-electron chi connectivity index (χ1n) is 8.94. The molecule has 0 spiro atoms. The molecule has 0 saturated carbocycles. The molecule has 3 rings (SSSR count). The Morgan fingerprint density at radius 1 is 1.20 bits per heavy atom. The second-order valence-corrected chi connectivity index (χ2v) is 6.71. The third-order valence-corrected chi connectivity index (χ3v) is 4.85. The van der Waals surface area contributed by atoms with Gasteiger partial charge in [0.05, 0.1) is 0 Å². The van der Waals surface area contributed by atoms with E-state index in [1.807, 2.05) is 43.3 Å². The topological polar surface area (TPSA) is 65.7 Å². The number of hydrogen-bond acceptors (Lipinski definition) is 4. The fourth-order valence-corrected chi connectivity index (χ4v) is 3.20. The first kappa shape index (κ1) is 17.7. The molecule has 0 unspecified atom stereocenters. The van der Waals surface area contributed by atoms with Crippen molar-refractivity contribution >= 4 is 5.91 Å². The number of nitrogens with zero attached hydrogens (tertiary/aromatic N) is 1. The summed E-state index contributed by atoms with van der Waals surface area (Å²) >= 11 is 0. The molecule has 5 heteroatoms. The summed E-state index contributed by atoms with van der Waals surface area (Å²) in [4.78, 5) is 14.6. The van der Waals surface area contributed by atoms with Gasteiger partial charge in [0.2, 0.25) is 0 Å². The van der Waals surface area contributed by atoms with Gasteiger partial charge in [0.15, 0.2) is 0 Å². The number of hydrogen-bond donors (Lipinski definition) is 2. The maximum absolute atomic E-state index is 12.3. The summed E-state index contributed by atoms with van der Waals surface area (Å²) in [7, 11) is 0. The van der Waals surface area contributed by atoms with Gasteiger partial charge >= 0.3 is 0 Å². The van der Waals surface area contributed by atoms with E-state index in [0.29, 0.717) is 18.0 Å². The largest absolute Gasteiger partial charge is 0.461 e. The molecule has 1 amide bonds. The number of nitrogens with one attached hydrogen (secondary N) is 1. The third-order valence-electron chi connectivity index (χ3n) is 4.85. The summed E-state index contributed by atoms with van der Waals surface area (Å²) in [5.74, 6) is 2.09. The van der Waals surface area contributed by atoms with E-state index in [4.69, 9.17) is 9.52 Å². The van der Waals surface area contributed by atoms with Crippen molar-refractivity contribution in [3.05, 3.63) is 47.7 Å². The molecule has 1 aliphatic rings. The van der Waals surface area contributed by atoms with Crippen LogP contribution in [-0.2, 0) is 0 Å². The SMILES string of the molecule is Cc1ccc(-c2ccc(C(=O)NCCN3CCC(CO)CC3)cc2)o1. The molecule has 0 radical (unpaired) electrons. The van der Waals surface area contributed by atoms with E-state index < -0.39 is 0 Å². The van der Waals surface area contributed by atoms with E-state index in [2.05, 4.69) is 10.2 Å². The highest BCUT2D eigenvalue weighted by atomic mass is 16.3. The smallest absolute Gasteiger partial charge is 0.251 e. The lowest BCUT2D eigenvalue weighted by atomic mass is 9.98. The maximum atomic E-state index is 12.3. The highest BCUT2D eigenvalue weighted by molar-refractivity contribution is 5.94. The highest BCUT2D eigenvalue weighted by Gasteiger charge is 2.18. The van der Waals surface area contributed by atoms with Crippen LogP contribution in [-0.4, -0.2) is 48.7 Å². The average molecular weight is 342 g/mol. The predicted molar refractivity (Wildman–Crippen MR) is 97.5 cm³/mol. The molecule has 1 aromatic heterocycles.